The Balaban J connectivity index is 2.10. The molecule has 3 rings (SSSR count). The van der Waals surface area contributed by atoms with Crippen LogP contribution in [0.5, 0.6) is 0 Å². The number of hydrogen-bond donors (Lipinski definition) is 2. The van der Waals surface area contributed by atoms with Crippen molar-refractivity contribution < 1.29 is 4.79 Å². The van der Waals surface area contributed by atoms with Crippen molar-refractivity contribution in [3.63, 3.8) is 0 Å². The number of urea groups is 1. The number of carbonyl (C=O) groups is 1. The molecule has 1 atom stereocenters. The average Bonchev–Trinajstić information content (AvgIpc) is 2.37. The Morgan fingerprint density at radius 3 is 2.72 bits per heavy atom. The van der Waals surface area contributed by atoms with Crippen molar-refractivity contribution in [2.24, 2.45) is 0 Å². The second-order valence-corrected chi connectivity index (χ2v) is 4.53. The van der Waals surface area contributed by atoms with Gasteiger partial charge in [-0.2, -0.15) is 0 Å². The molecule has 0 saturated heterocycles. The van der Waals surface area contributed by atoms with Gasteiger partial charge in [0.2, 0.25) is 0 Å². The zero-order chi connectivity index (χ0) is 12.5. The molecule has 18 heavy (non-hydrogen) atoms. The van der Waals surface area contributed by atoms with Crippen molar-refractivity contribution in [2.45, 2.75) is 13.0 Å². The molecular formula is C15H14N2O. The lowest BCUT2D eigenvalue weighted by atomic mass is 9.95. The van der Waals surface area contributed by atoms with E-state index in [4.69, 9.17) is 0 Å². The zero-order valence-electron chi connectivity index (χ0n) is 10.1. The number of anilines is 1. The summed E-state index contributed by atoms with van der Waals surface area (Å²) in [6, 6.07) is 15.9. The van der Waals surface area contributed by atoms with Gasteiger partial charge in [0.05, 0.1) is 6.04 Å². The van der Waals surface area contributed by atoms with Crippen molar-refractivity contribution in [3.05, 3.63) is 65.2 Å². The highest BCUT2D eigenvalue weighted by Crippen LogP contribution is 2.31. The fraction of sp³-hybridized carbons (Fsp3) is 0.133. The number of hydrogen-bond acceptors (Lipinski definition) is 1. The maximum absolute atomic E-state index is 11.7. The molecule has 0 fully saturated rings. The first kappa shape index (κ1) is 10.8. The first-order valence-corrected chi connectivity index (χ1v) is 5.97. The predicted molar refractivity (Wildman–Crippen MR) is 71.6 cm³/mol. The molecular weight excluding hydrogens is 224 g/mol. The van der Waals surface area contributed by atoms with Crippen LogP contribution in [-0.2, 0) is 0 Å². The van der Waals surface area contributed by atoms with Gasteiger partial charge in [0.25, 0.3) is 0 Å². The molecule has 0 aliphatic carbocycles. The van der Waals surface area contributed by atoms with Crippen LogP contribution >= 0.6 is 0 Å². The molecule has 3 heteroatoms. The highest BCUT2D eigenvalue weighted by molar-refractivity contribution is 5.93. The number of nitrogens with one attached hydrogen (secondary N) is 2. The van der Waals surface area contributed by atoms with Crippen molar-refractivity contribution in [1.82, 2.24) is 5.32 Å². The summed E-state index contributed by atoms with van der Waals surface area (Å²) < 4.78 is 0. The summed E-state index contributed by atoms with van der Waals surface area (Å²) in [5.41, 5.74) is 4.28. The number of rotatable bonds is 1. The van der Waals surface area contributed by atoms with Crippen LogP contribution < -0.4 is 10.6 Å². The minimum atomic E-state index is -0.153. The first-order chi connectivity index (χ1) is 8.74. The lowest BCUT2D eigenvalue weighted by Crippen LogP contribution is -2.38. The minimum Gasteiger partial charge on any atom is -0.327 e. The highest BCUT2D eigenvalue weighted by Gasteiger charge is 2.24. The molecule has 1 heterocycles. The monoisotopic (exact) mass is 238 g/mol. The van der Waals surface area contributed by atoms with Crippen LogP contribution in [0.2, 0.25) is 0 Å². The molecule has 1 unspecified atom stereocenters. The molecule has 1 aliphatic heterocycles. The number of benzene rings is 2. The van der Waals surface area contributed by atoms with Crippen LogP contribution in [0.3, 0.4) is 0 Å². The zero-order valence-corrected chi connectivity index (χ0v) is 10.1. The van der Waals surface area contributed by atoms with E-state index in [0.717, 1.165) is 16.8 Å². The van der Waals surface area contributed by atoms with Crippen molar-refractivity contribution >= 4 is 11.7 Å². The summed E-state index contributed by atoms with van der Waals surface area (Å²) in [5, 5.41) is 5.79. The van der Waals surface area contributed by atoms with E-state index < -0.39 is 0 Å². The normalized spacial score (nSPS) is 17.6. The summed E-state index contributed by atoms with van der Waals surface area (Å²) in [6.07, 6.45) is 0. The predicted octanol–water partition coefficient (Wildman–Crippen LogP) is 3.22. The van der Waals surface area contributed by atoms with Crippen LogP contribution in [0.1, 0.15) is 22.7 Å². The SMILES string of the molecule is Cc1cccc(C2NC(=O)Nc3ccccc32)c1. The Labute approximate surface area is 106 Å². The Morgan fingerprint density at radius 2 is 1.89 bits per heavy atom. The smallest absolute Gasteiger partial charge is 0.320 e. The van der Waals surface area contributed by atoms with Gasteiger partial charge >= 0.3 is 6.03 Å². The van der Waals surface area contributed by atoms with Gasteiger partial charge in [0, 0.05) is 11.3 Å². The standard InChI is InChI=1S/C15H14N2O/c1-10-5-4-6-11(9-10)14-12-7-2-3-8-13(12)16-15(18)17-14/h2-9,14H,1H3,(H2,16,17,18). The van der Waals surface area contributed by atoms with Gasteiger partial charge in [-0.15, -0.1) is 0 Å². The Morgan fingerprint density at radius 1 is 1.06 bits per heavy atom. The third kappa shape index (κ3) is 1.84. The van der Waals surface area contributed by atoms with E-state index in [1.165, 1.54) is 5.56 Å². The molecule has 1 aliphatic rings. The van der Waals surface area contributed by atoms with Gasteiger partial charge in [-0.3, -0.25) is 0 Å². The Bertz CT molecular complexity index is 607. The summed E-state index contributed by atoms with van der Waals surface area (Å²) >= 11 is 0. The van der Waals surface area contributed by atoms with E-state index in [-0.39, 0.29) is 12.1 Å². The van der Waals surface area contributed by atoms with Crippen LogP contribution in [0.4, 0.5) is 10.5 Å². The quantitative estimate of drug-likeness (QED) is 0.787. The molecule has 0 aromatic heterocycles. The summed E-state index contributed by atoms with van der Waals surface area (Å²) in [4.78, 5) is 11.7. The lowest BCUT2D eigenvalue weighted by Gasteiger charge is -2.27. The molecule has 0 spiro atoms. The number of aryl methyl sites for hydroxylation is 1. The molecule has 2 aromatic carbocycles. The number of fused-ring (bicyclic) bond motifs is 1. The highest BCUT2D eigenvalue weighted by atomic mass is 16.2. The second kappa shape index (κ2) is 4.18. The van der Waals surface area contributed by atoms with E-state index in [1.54, 1.807) is 0 Å². The van der Waals surface area contributed by atoms with E-state index in [1.807, 2.05) is 36.4 Å². The molecule has 2 amide bonds. The van der Waals surface area contributed by atoms with Gasteiger partial charge in [-0.1, -0.05) is 48.0 Å². The van der Waals surface area contributed by atoms with Gasteiger partial charge in [-0.05, 0) is 18.6 Å². The molecule has 2 aromatic rings. The summed E-state index contributed by atoms with van der Waals surface area (Å²) in [5.74, 6) is 0. The van der Waals surface area contributed by atoms with Crippen molar-refractivity contribution in [2.75, 3.05) is 5.32 Å². The van der Waals surface area contributed by atoms with Crippen LogP contribution in [0, 0.1) is 6.92 Å². The third-order valence-electron chi connectivity index (χ3n) is 3.17. The fourth-order valence-corrected chi connectivity index (χ4v) is 2.34. The fourth-order valence-electron chi connectivity index (χ4n) is 2.34. The van der Waals surface area contributed by atoms with Crippen molar-refractivity contribution in [1.29, 1.82) is 0 Å². The van der Waals surface area contributed by atoms with E-state index in [0.29, 0.717) is 0 Å². The topological polar surface area (TPSA) is 41.1 Å². The molecule has 0 saturated carbocycles. The number of para-hydroxylation sites is 1. The molecule has 90 valence electrons. The largest absolute Gasteiger partial charge is 0.327 e. The Kier molecular flexibility index (Phi) is 2.52. The van der Waals surface area contributed by atoms with Gasteiger partial charge in [0.15, 0.2) is 0 Å². The number of amides is 2. The maximum atomic E-state index is 11.7. The van der Waals surface area contributed by atoms with Crippen LogP contribution in [0.15, 0.2) is 48.5 Å². The third-order valence-corrected chi connectivity index (χ3v) is 3.17. The lowest BCUT2D eigenvalue weighted by molar-refractivity contribution is 0.249. The molecule has 0 bridgehead atoms. The van der Waals surface area contributed by atoms with Gasteiger partial charge < -0.3 is 10.6 Å². The summed E-state index contributed by atoms with van der Waals surface area (Å²) in [7, 11) is 0. The van der Waals surface area contributed by atoms with E-state index in [2.05, 4.69) is 29.7 Å². The molecule has 2 N–H and O–H groups in total. The molecule has 0 radical (unpaired) electrons. The minimum absolute atomic E-state index is 0.0742. The molecule has 3 nitrogen and oxygen atoms in total. The second-order valence-electron chi connectivity index (χ2n) is 4.53. The number of carbonyl (C=O) groups excluding carboxylic acids is 1. The first-order valence-electron chi connectivity index (χ1n) is 5.97. The average molecular weight is 238 g/mol. The van der Waals surface area contributed by atoms with E-state index >= 15 is 0 Å². The van der Waals surface area contributed by atoms with Crippen molar-refractivity contribution in [3.8, 4) is 0 Å². The maximum Gasteiger partial charge on any atom is 0.320 e. The van der Waals surface area contributed by atoms with Crippen LogP contribution in [-0.4, -0.2) is 6.03 Å². The van der Waals surface area contributed by atoms with Gasteiger partial charge in [0.1, 0.15) is 0 Å². The van der Waals surface area contributed by atoms with Gasteiger partial charge in [-0.25, -0.2) is 4.79 Å². The summed E-state index contributed by atoms with van der Waals surface area (Å²) in [6.45, 7) is 2.05. The van der Waals surface area contributed by atoms with Crippen LogP contribution in [0.25, 0.3) is 0 Å². The Hall–Kier alpha value is -2.29. The van der Waals surface area contributed by atoms with E-state index in [9.17, 15) is 4.79 Å².